The molecule has 0 spiro atoms. The standard InChI is InChI=1S/C46H53BN2/c1-8-9-10-11-12-13-18-33-19-16-20-37(31-33)49-41-30-27-35(46(5,6)7)32-39(41)47-38-21-14-15-22-40(38)48(42-23-17-24-43(49)44(42)47)36-28-25-34(26-29-36)45(2,3)4/h14-17,19-32H,8-13,18H2,1-7H3. The Kier molecular flexibility index (Phi) is 8.99. The minimum Gasteiger partial charge on any atom is -0.311 e. The number of hydrogen-bond acceptors (Lipinski definition) is 2. The highest BCUT2D eigenvalue weighted by molar-refractivity contribution is 7.00. The Morgan fingerprint density at radius 1 is 0.490 bits per heavy atom. The molecule has 0 bridgehead atoms. The lowest BCUT2D eigenvalue weighted by Gasteiger charge is -2.44. The molecule has 0 amide bonds. The van der Waals surface area contributed by atoms with E-state index in [9.17, 15) is 0 Å². The predicted molar refractivity (Wildman–Crippen MR) is 215 cm³/mol. The number of fused-ring (bicyclic) bond motifs is 4. The first kappa shape index (κ1) is 33.3. The first-order valence-electron chi connectivity index (χ1n) is 18.7. The number of nitrogens with zero attached hydrogens (tertiary/aromatic N) is 2. The second kappa shape index (κ2) is 13.2. The molecule has 0 fully saturated rings. The monoisotopic (exact) mass is 644 g/mol. The SMILES string of the molecule is CCCCCCCCc1cccc(N2c3ccc(C(C)(C)C)cc3B3c4ccccc4N(c4ccc(C(C)(C)C)cc4)c4cccc2c43)c1. The zero-order valence-electron chi connectivity index (χ0n) is 30.8. The van der Waals surface area contributed by atoms with E-state index in [0.717, 1.165) is 6.42 Å². The highest BCUT2D eigenvalue weighted by atomic mass is 15.2. The Morgan fingerprint density at radius 3 is 1.80 bits per heavy atom. The largest absolute Gasteiger partial charge is 0.311 e. The summed E-state index contributed by atoms with van der Waals surface area (Å²) in [6.07, 6.45) is 9.05. The van der Waals surface area contributed by atoms with Crippen molar-refractivity contribution in [1.82, 2.24) is 0 Å². The molecule has 0 N–H and O–H groups in total. The first-order chi connectivity index (χ1) is 23.6. The van der Waals surface area contributed by atoms with Crippen LogP contribution in [0.2, 0.25) is 0 Å². The van der Waals surface area contributed by atoms with E-state index in [-0.39, 0.29) is 17.5 Å². The Hall–Kier alpha value is -4.24. The van der Waals surface area contributed by atoms with E-state index in [4.69, 9.17) is 0 Å². The minimum atomic E-state index is 0.0473. The molecular weight excluding hydrogens is 591 g/mol. The van der Waals surface area contributed by atoms with Crippen molar-refractivity contribution in [3.8, 4) is 0 Å². The summed E-state index contributed by atoms with van der Waals surface area (Å²) in [5, 5.41) is 0. The van der Waals surface area contributed by atoms with Crippen molar-refractivity contribution in [3.63, 3.8) is 0 Å². The molecule has 0 aromatic heterocycles. The van der Waals surface area contributed by atoms with Crippen LogP contribution in [0.25, 0.3) is 0 Å². The maximum Gasteiger partial charge on any atom is 0.252 e. The lowest BCUT2D eigenvalue weighted by atomic mass is 9.33. The van der Waals surface area contributed by atoms with E-state index in [1.165, 1.54) is 106 Å². The van der Waals surface area contributed by atoms with Crippen LogP contribution in [0.4, 0.5) is 34.1 Å². The second-order valence-corrected chi connectivity index (χ2v) is 16.4. The zero-order chi connectivity index (χ0) is 34.3. The van der Waals surface area contributed by atoms with Gasteiger partial charge in [-0.15, -0.1) is 0 Å². The third-order valence-electron chi connectivity index (χ3n) is 10.7. The number of unbranched alkanes of at least 4 members (excludes halogenated alkanes) is 5. The Balaban J connectivity index is 1.39. The average molecular weight is 645 g/mol. The number of aryl methyl sites for hydroxylation is 1. The molecule has 5 aromatic carbocycles. The van der Waals surface area contributed by atoms with Crippen LogP contribution in [-0.4, -0.2) is 6.71 Å². The van der Waals surface area contributed by atoms with Gasteiger partial charge in [0.15, 0.2) is 0 Å². The lowest BCUT2D eigenvalue weighted by molar-refractivity contribution is 0.590. The van der Waals surface area contributed by atoms with E-state index >= 15 is 0 Å². The smallest absolute Gasteiger partial charge is 0.252 e. The topological polar surface area (TPSA) is 6.48 Å². The molecule has 0 aliphatic carbocycles. The predicted octanol–water partition coefficient (Wildman–Crippen LogP) is 11.3. The fraction of sp³-hybridized carbons (Fsp3) is 0.348. The van der Waals surface area contributed by atoms with Crippen molar-refractivity contribution in [3.05, 3.63) is 126 Å². The van der Waals surface area contributed by atoms with Gasteiger partial charge in [0.05, 0.1) is 0 Å². The molecule has 0 unspecified atom stereocenters. The number of benzene rings is 5. The van der Waals surface area contributed by atoms with Gasteiger partial charge in [0.2, 0.25) is 0 Å². The van der Waals surface area contributed by atoms with Crippen molar-refractivity contribution in [2.24, 2.45) is 0 Å². The van der Waals surface area contributed by atoms with Gasteiger partial charge >= 0.3 is 0 Å². The minimum absolute atomic E-state index is 0.0473. The molecule has 2 heterocycles. The molecule has 7 rings (SSSR count). The summed E-state index contributed by atoms with van der Waals surface area (Å²) in [4.78, 5) is 5.06. The highest BCUT2D eigenvalue weighted by Crippen LogP contribution is 2.44. The highest BCUT2D eigenvalue weighted by Gasteiger charge is 2.43. The number of para-hydroxylation sites is 1. The van der Waals surface area contributed by atoms with Crippen LogP contribution in [0, 0.1) is 0 Å². The van der Waals surface area contributed by atoms with E-state index in [1.54, 1.807) is 0 Å². The maximum absolute atomic E-state index is 2.55. The molecular formula is C46H53BN2. The number of anilines is 6. The lowest BCUT2D eigenvalue weighted by Crippen LogP contribution is -2.61. The van der Waals surface area contributed by atoms with Gasteiger partial charge in [0.25, 0.3) is 6.71 Å². The summed E-state index contributed by atoms with van der Waals surface area (Å²) in [5.74, 6) is 0. The summed E-state index contributed by atoms with van der Waals surface area (Å²) in [6, 6.07) is 41.9. The van der Waals surface area contributed by atoms with Crippen molar-refractivity contribution in [1.29, 1.82) is 0 Å². The van der Waals surface area contributed by atoms with Crippen LogP contribution < -0.4 is 26.2 Å². The van der Waals surface area contributed by atoms with Crippen molar-refractivity contribution in [2.45, 2.75) is 104 Å². The second-order valence-electron chi connectivity index (χ2n) is 16.4. The Labute approximate surface area is 296 Å². The first-order valence-corrected chi connectivity index (χ1v) is 18.7. The molecule has 0 radical (unpaired) electrons. The summed E-state index contributed by atoms with van der Waals surface area (Å²) >= 11 is 0. The van der Waals surface area contributed by atoms with Crippen LogP contribution in [0.15, 0.2) is 109 Å². The Bertz CT molecular complexity index is 1940. The van der Waals surface area contributed by atoms with E-state index in [0.29, 0.717) is 0 Å². The molecule has 2 aliphatic heterocycles. The van der Waals surface area contributed by atoms with Crippen LogP contribution in [0.3, 0.4) is 0 Å². The van der Waals surface area contributed by atoms with Crippen LogP contribution in [-0.2, 0) is 17.3 Å². The summed E-state index contributed by atoms with van der Waals surface area (Å²) in [5.41, 5.74) is 16.0. The molecule has 250 valence electrons. The summed E-state index contributed by atoms with van der Waals surface area (Å²) in [7, 11) is 0. The van der Waals surface area contributed by atoms with Crippen LogP contribution in [0.5, 0.6) is 0 Å². The average Bonchev–Trinajstić information content (AvgIpc) is 3.09. The number of rotatable bonds is 9. The quantitative estimate of drug-likeness (QED) is 0.114. The van der Waals surface area contributed by atoms with E-state index in [2.05, 4.69) is 167 Å². The molecule has 2 nitrogen and oxygen atoms in total. The molecule has 49 heavy (non-hydrogen) atoms. The molecule has 0 saturated carbocycles. The van der Waals surface area contributed by atoms with Gasteiger partial charge in [-0.1, -0.05) is 141 Å². The van der Waals surface area contributed by atoms with Crippen molar-refractivity contribution in [2.75, 3.05) is 9.80 Å². The zero-order valence-corrected chi connectivity index (χ0v) is 30.8. The van der Waals surface area contributed by atoms with Gasteiger partial charge in [0, 0.05) is 34.1 Å². The van der Waals surface area contributed by atoms with Gasteiger partial charge in [-0.05, 0) is 105 Å². The Morgan fingerprint density at radius 2 is 1.08 bits per heavy atom. The van der Waals surface area contributed by atoms with Gasteiger partial charge in [-0.2, -0.15) is 0 Å². The van der Waals surface area contributed by atoms with Gasteiger partial charge < -0.3 is 9.80 Å². The third kappa shape index (κ3) is 6.34. The molecule has 5 aromatic rings. The normalized spacial score (nSPS) is 13.7. The fourth-order valence-corrected chi connectivity index (χ4v) is 7.98. The number of hydrogen-bond donors (Lipinski definition) is 0. The van der Waals surface area contributed by atoms with Gasteiger partial charge in [0.1, 0.15) is 0 Å². The third-order valence-corrected chi connectivity index (χ3v) is 10.7. The van der Waals surface area contributed by atoms with E-state index < -0.39 is 0 Å². The molecule has 3 heteroatoms. The van der Waals surface area contributed by atoms with Crippen LogP contribution in [0.1, 0.15) is 104 Å². The van der Waals surface area contributed by atoms with Gasteiger partial charge in [-0.3, -0.25) is 0 Å². The van der Waals surface area contributed by atoms with Crippen molar-refractivity contribution < 1.29 is 0 Å². The van der Waals surface area contributed by atoms with Crippen LogP contribution >= 0.6 is 0 Å². The summed E-state index contributed by atoms with van der Waals surface area (Å²) in [6.45, 7) is 16.3. The molecule has 2 aliphatic rings. The van der Waals surface area contributed by atoms with E-state index in [1.807, 2.05) is 0 Å². The molecule has 0 saturated heterocycles. The summed E-state index contributed by atoms with van der Waals surface area (Å²) < 4.78 is 0. The van der Waals surface area contributed by atoms with Crippen molar-refractivity contribution >= 4 is 57.2 Å². The maximum atomic E-state index is 2.55. The van der Waals surface area contributed by atoms with Gasteiger partial charge in [-0.25, -0.2) is 0 Å². The fourth-order valence-electron chi connectivity index (χ4n) is 7.98. The molecule has 0 atom stereocenters.